The lowest BCUT2D eigenvalue weighted by Gasteiger charge is -2.23. The molecule has 0 aliphatic carbocycles. The van der Waals surface area contributed by atoms with E-state index in [0.717, 1.165) is 5.69 Å². The lowest BCUT2D eigenvalue weighted by Crippen LogP contribution is -2.28. The molecule has 0 spiro atoms. The van der Waals surface area contributed by atoms with Gasteiger partial charge in [-0.1, -0.05) is 42.2 Å². The second kappa shape index (κ2) is 8.43. The quantitative estimate of drug-likeness (QED) is 0.449. The van der Waals surface area contributed by atoms with Crippen LogP contribution in [0.1, 0.15) is 25.6 Å². The molecule has 35 heavy (non-hydrogen) atoms. The number of imidazole rings is 1. The fourth-order valence-electron chi connectivity index (χ4n) is 4.42. The van der Waals surface area contributed by atoms with Crippen LogP contribution in [0.2, 0.25) is 0 Å². The van der Waals surface area contributed by atoms with E-state index in [2.05, 4.69) is 32.1 Å². The van der Waals surface area contributed by atoms with Crippen LogP contribution in [0.5, 0.6) is 0 Å². The van der Waals surface area contributed by atoms with E-state index in [1.54, 1.807) is 29.1 Å². The van der Waals surface area contributed by atoms with E-state index in [-0.39, 0.29) is 5.82 Å². The summed E-state index contributed by atoms with van der Waals surface area (Å²) in [4.78, 5) is 13.4. The Morgan fingerprint density at radius 1 is 0.971 bits per heavy atom. The van der Waals surface area contributed by atoms with E-state index in [4.69, 9.17) is 14.2 Å². The van der Waals surface area contributed by atoms with Crippen LogP contribution in [0.25, 0.3) is 11.2 Å². The molecule has 8 nitrogen and oxygen atoms in total. The highest BCUT2D eigenvalue weighted by Gasteiger charge is 2.56. The van der Waals surface area contributed by atoms with Gasteiger partial charge in [-0.05, 0) is 38.1 Å². The van der Waals surface area contributed by atoms with Crippen molar-refractivity contribution in [3.63, 3.8) is 0 Å². The van der Waals surface area contributed by atoms with Gasteiger partial charge >= 0.3 is 0 Å². The van der Waals surface area contributed by atoms with E-state index in [1.165, 1.54) is 12.4 Å². The number of aromatic nitrogens is 4. The number of ether oxygens (including phenoxy) is 3. The number of benzene rings is 2. The molecule has 9 heteroatoms. The highest BCUT2D eigenvalue weighted by atomic mass is 19.1. The van der Waals surface area contributed by atoms with Gasteiger partial charge in [0.1, 0.15) is 30.5 Å². The van der Waals surface area contributed by atoms with Crippen molar-refractivity contribution < 1.29 is 18.6 Å². The topological polar surface area (TPSA) is 83.3 Å². The second-order valence-electron chi connectivity index (χ2n) is 8.80. The zero-order valence-electron chi connectivity index (χ0n) is 19.1. The third-order valence-corrected chi connectivity index (χ3v) is 5.92. The molecule has 6 rings (SSSR count). The van der Waals surface area contributed by atoms with Crippen LogP contribution in [0.15, 0.2) is 67.3 Å². The number of hydrogen-bond acceptors (Lipinski definition) is 7. The maximum Gasteiger partial charge on any atom is 0.167 e. The molecule has 4 atom stereocenters. The van der Waals surface area contributed by atoms with Crippen molar-refractivity contribution in [1.82, 2.24) is 19.5 Å². The van der Waals surface area contributed by atoms with E-state index in [9.17, 15) is 4.39 Å². The van der Waals surface area contributed by atoms with Crippen LogP contribution in [0.3, 0.4) is 0 Å². The zero-order valence-corrected chi connectivity index (χ0v) is 19.1. The third-order valence-electron chi connectivity index (χ3n) is 5.92. The Morgan fingerprint density at radius 3 is 2.57 bits per heavy atom. The molecule has 2 aromatic heterocycles. The van der Waals surface area contributed by atoms with Crippen molar-refractivity contribution in [2.75, 3.05) is 5.32 Å². The predicted molar refractivity (Wildman–Crippen MR) is 126 cm³/mol. The van der Waals surface area contributed by atoms with E-state index in [0.29, 0.717) is 22.5 Å². The minimum absolute atomic E-state index is 0.298. The summed E-state index contributed by atoms with van der Waals surface area (Å²) >= 11 is 0. The molecular formula is C26H22FN5O3. The minimum Gasteiger partial charge on any atom is -0.341 e. The molecule has 1 N–H and O–H groups in total. The average Bonchev–Trinajstić information content (AvgIpc) is 3.51. The SMILES string of the molecule is CC1(C)O[C@H]2[C@H](O1)[C@@H](C#Cc1ccccc1F)O[C@H]2n1cnc2c(Nc3ccccc3)ncnc21. The minimum atomic E-state index is -0.819. The number of rotatable bonds is 3. The molecule has 0 unspecified atom stereocenters. The Bertz CT molecular complexity index is 1450. The number of para-hydroxylation sites is 1. The molecule has 2 aliphatic rings. The monoisotopic (exact) mass is 471 g/mol. The molecule has 0 amide bonds. The van der Waals surface area contributed by atoms with Gasteiger partial charge in [0.2, 0.25) is 0 Å². The van der Waals surface area contributed by atoms with Crippen LogP contribution < -0.4 is 5.32 Å². The number of nitrogens with one attached hydrogen (secondary N) is 1. The first kappa shape index (κ1) is 21.7. The van der Waals surface area contributed by atoms with Crippen LogP contribution in [-0.2, 0) is 14.2 Å². The summed E-state index contributed by atoms with van der Waals surface area (Å²) in [6, 6.07) is 16.1. The van der Waals surface area contributed by atoms with E-state index < -0.39 is 30.3 Å². The largest absolute Gasteiger partial charge is 0.341 e. The number of anilines is 2. The molecule has 0 bridgehead atoms. The number of halogens is 1. The van der Waals surface area contributed by atoms with Crippen LogP contribution in [0.4, 0.5) is 15.9 Å². The standard InChI is InChI=1S/C26H22FN5O3/c1-26(2)34-21-19(13-12-16-8-6-7-11-18(16)27)33-25(22(21)35-26)32-15-30-20-23(28-14-29-24(20)32)31-17-9-4-3-5-10-17/h3-11,14-15,19,21-22,25H,1-2H3,(H,28,29,31)/t19-,21-,22+,25-/m1/s1. The van der Waals surface area contributed by atoms with E-state index in [1.807, 2.05) is 44.2 Å². The predicted octanol–water partition coefficient (Wildman–Crippen LogP) is 4.18. The van der Waals surface area contributed by atoms with Gasteiger partial charge in [-0.3, -0.25) is 4.57 Å². The normalized spacial score (nSPS) is 24.7. The van der Waals surface area contributed by atoms with Crippen LogP contribution in [0, 0.1) is 17.7 Å². The smallest absolute Gasteiger partial charge is 0.167 e. The third kappa shape index (κ3) is 4.02. The van der Waals surface area contributed by atoms with Gasteiger partial charge in [0, 0.05) is 5.69 Å². The Labute approximate surface area is 201 Å². The first-order chi connectivity index (χ1) is 17.0. The lowest BCUT2D eigenvalue weighted by atomic mass is 10.1. The molecule has 4 heterocycles. The van der Waals surface area contributed by atoms with Gasteiger partial charge in [-0.2, -0.15) is 0 Å². The van der Waals surface area contributed by atoms with Crippen LogP contribution >= 0.6 is 0 Å². The molecule has 176 valence electrons. The van der Waals surface area contributed by atoms with Crippen molar-refractivity contribution in [2.45, 2.75) is 44.2 Å². The highest BCUT2D eigenvalue weighted by Crippen LogP contribution is 2.43. The van der Waals surface area contributed by atoms with Gasteiger partial charge in [0.25, 0.3) is 0 Å². The van der Waals surface area contributed by atoms with Gasteiger partial charge < -0.3 is 19.5 Å². The Morgan fingerprint density at radius 2 is 1.74 bits per heavy atom. The molecular weight excluding hydrogens is 449 g/mol. The summed E-state index contributed by atoms with van der Waals surface area (Å²) < 4.78 is 34.5. The van der Waals surface area contributed by atoms with E-state index >= 15 is 0 Å². The Balaban J connectivity index is 1.35. The Hall–Kier alpha value is -3.84. The molecule has 2 saturated heterocycles. The number of nitrogens with zero attached hydrogens (tertiary/aromatic N) is 4. The van der Waals surface area contributed by atoms with Gasteiger partial charge in [-0.15, -0.1) is 0 Å². The molecule has 2 aliphatic heterocycles. The maximum atomic E-state index is 14.1. The molecule has 2 aromatic carbocycles. The van der Waals surface area contributed by atoms with Crippen molar-refractivity contribution in [1.29, 1.82) is 0 Å². The summed E-state index contributed by atoms with van der Waals surface area (Å²) in [5.41, 5.74) is 2.36. The van der Waals surface area contributed by atoms with Crippen molar-refractivity contribution in [2.24, 2.45) is 0 Å². The second-order valence-corrected chi connectivity index (χ2v) is 8.80. The average molecular weight is 471 g/mol. The summed E-state index contributed by atoms with van der Waals surface area (Å²) in [5, 5.41) is 3.28. The molecule has 4 aromatic rings. The van der Waals surface area contributed by atoms with Gasteiger partial charge in [-0.25, -0.2) is 19.3 Å². The highest BCUT2D eigenvalue weighted by molar-refractivity contribution is 5.85. The first-order valence-corrected chi connectivity index (χ1v) is 11.3. The van der Waals surface area contributed by atoms with Crippen molar-refractivity contribution in [3.05, 3.63) is 78.6 Å². The van der Waals surface area contributed by atoms with Crippen LogP contribution in [-0.4, -0.2) is 43.6 Å². The molecule has 0 saturated carbocycles. The fraction of sp³-hybridized carbons (Fsp3) is 0.269. The van der Waals surface area contributed by atoms with Crippen molar-refractivity contribution >= 4 is 22.7 Å². The lowest BCUT2D eigenvalue weighted by molar-refractivity contribution is -0.190. The molecule has 0 radical (unpaired) electrons. The van der Waals surface area contributed by atoms with Gasteiger partial charge in [0.15, 0.2) is 29.0 Å². The summed E-state index contributed by atoms with van der Waals surface area (Å²) in [5.74, 6) is 5.30. The Kier molecular flexibility index (Phi) is 5.22. The maximum absolute atomic E-state index is 14.1. The summed E-state index contributed by atoms with van der Waals surface area (Å²) in [6.07, 6.45) is 0.986. The number of hydrogen-bond donors (Lipinski definition) is 1. The summed E-state index contributed by atoms with van der Waals surface area (Å²) in [7, 11) is 0. The van der Waals surface area contributed by atoms with Crippen molar-refractivity contribution in [3.8, 4) is 11.8 Å². The summed E-state index contributed by atoms with van der Waals surface area (Å²) in [6.45, 7) is 3.69. The number of fused-ring (bicyclic) bond motifs is 2. The zero-order chi connectivity index (χ0) is 24.0. The molecule has 2 fully saturated rings. The fourth-order valence-corrected chi connectivity index (χ4v) is 4.42. The first-order valence-electron chi connectivity index (χ1n) is 11.3. The van der Waals surface area contributed by atoms with Gasteiger partial charge in [0.05, 0.1) is 11.9 Å².